The summed E-state index contributed by atoms with van der Waals surface area (Å²) in [7, 11) is 1.50. The number of piperidine rings is 1. The van der Waals surface area contributed by atoms with E-state index in [2.05, 4.69) is 78.1 Å². The van der Waals surface area contributed by atoms with E-state index in [9.17, 15) is 19.4 Å². The summed E-state index contributed by atoms with van der Waals surface area (Å²) in [5.74, 6) is 1.71. The SMILES string of the molecule is Cc1c(COc2cc(OCc3cncc(C#N)c3)c(CN3CCCC[C@H]3C(=O)O)cc2Cl)cccc1-c1cccc(CN(C)CCN2CCS(=O)CC2)c1C. The number of carbonyl (C=O) groups is 1. The van der Waals surface area contributed by atoms with Crippen molar-refractivity contribution in [3.8, 4) is 28.7 Å². The number of nitrogens with zero attached hydrogens (tertiary/aromatic N) is 5. The van der Waals surface area contributed by atoms with Crippen molar-refractivity contribution >= 4 is 28.4 Å². The van der Waals surface area contributed by atoms with Gasteiger partial charge < -0.3 is 24.4 Å². The van der Waals surface area contributed by atoms with Crippen molar-refractivity contribution in [2.75, 3.05) is 51.3 Å². The molecule has 2 fully saturated rings. The van der Waals surface area contributed by atoms with Crippen molar-refractivity contribution in [1.82, 2.24) is 19.7 Å². The number of pyridine rings is 1. The van der Waals surface area contributed by atoms with Gasteiger partial charge in [-0.1, -0.05) is 54.4 Å². The predicted octanol–water partition coefficient (Wildman–Crippen LogP) is 6.98. The van der Waals surface area contributed by atoms with Crippen molar-refractivity contribution in [2.24, 2.45) is 0 Å². The summed E-state index contributed by atoms with van der Waals surface area (Å²) in [5.41, 5.74) is 8.96. The van der Waals surface area contributed by atoms with Gasteiger partial charge in [0.15, 0.2) is 0 Å². The molecule has 0 unspecified atom stereocenters. The summed E-state index contributed by atoms with van der Waals surface area (Å²) in [6, 6.07) is 19.7. The van der Waals surface area contributed by atoms with Crippen LogP contribution in [0.5, 0.6) is 11.5 Å². The fourth-order valence-electron chi connectivity index (χ4n) is 7.43. The highest BCUT2D eigenvalue weighted by molar-refractivity contribution is 7.85. The molecule has 0 spiro atoms. The predicted molar refractivity (Wildman–Crippen MR) is 217 cm³/mol. The minimum Gasteiger partial charge on any atom is -0.488 e. The third-order valence-electron chi connectivity index (χ3n) is 10.8. The lowest BCUT2D eigenvalue weighted by atomic mass is 9.91. The van der Waals surface area contributed by atoms with Gasteiger partial charge in [-0.15, -0.1) is 0 Å². The number of hydrogen-bond acceptors (Lipinski definition) is 9. The number of carboxylic acid groups (broad SMARTS) is 1. The summed E-state index contributed by atoms with van der Waals surface area (Å²) in [6.07, 6.45) is 5.56. The van der Waals surface area contributed by atoms with Crippen LogP contribution in [0, 0.1) is 25.2 Å². The lowest BCUT2D eigenvalue weighted by molar-refractivity contribution is -0.144. The Labute approximate surface area is 332 Å². The molecule has 0 aliphatic carbocycles. The molecular weight excluding hydrogens is 734 g/mol. The van der Waals surface area contributed by atoms with Gasteiger partial charge in [-0.05, 0) is 85.8 Å². The second kappa shape index (κ2) is 19.0. The number of likely N-dealkylation sites (tertiary alicyclic amines) is 1. The van der Waals surface area contributed by atoms with Crippen LogP contribution < -0.4 is 9.47 Å². The van der Waals surface area contributed by atoms with Crippen LogP contribution in [-0.2, 0) is 41.9 Å². The molecule has 55 heavy (non-hydrogen) atoms. The molecule has 3 aromatic carbocycles. The zero-order chi connectivity index (χ0) is 38.9. The highest BCUT2D eigenvalue weighted by atomic mass is 35.5. The highest BCUT2D eigenvalue weighted by Gasteiger charge is 2.29. The van der Waals surface area contributed by atoms with E-state index in [0.717, 1.165) is 84.9 Å². The first-order valence-corrected chi connectivity index (χ1v) is 20.8. The van der Waals surface area contributed by atoms with Crippen LogP contribution in [0.4, 0.5) is 0 Å². The molecule has 0 radical (unpaired) electrons. The van der Waals surface area contributed by atoms with E-state index < -0.39 is 22.8 Å². The Balaban J connectivity index is 1.18. The maximum absolute atomic E-state index is 12.1. The van der Waals surface area contributed by atoms with Crippen molar-refractivity contribution < 1.29 is 23.6 Å². The van der Waals surface area contributed by atoms with Crippen LogP contribution >= 0.6 is 11.6 Å². The Bertz CT molecular complexity index is 2040. The lowest BCUT2D eigenvalue weighted by Gasteiger charge is -2.33. The zero-order valence-corrected chi connectivity index (χ0v) is 33.5. The van der Waals surface area contributed by atoms with E-state index in [0.29, 0.717) is 41.6 Å². The van der Waals surface area contributed by atoms with Gasteiger partial charge in [-0.25, -0.2) is 0 Å². The Morgan fingerprint density at radius 3 is 2.40 bits per heavy atom. The maximum Gasteiger partial charge on any atom is 0.320 e. The first-order chi connectivity index (χ1) is 26.6. The number of carboxylic acids is 1. The minimum atomic E-state index is -0.830. The summed E-state index contributed by atoms with van der Waals surface area (Å²) in [6.45, 7) is 10.4. The van der Waals surface area contributed by atoms with Crippen LogP contribution in [-0.4, -0.2) is 92.3 Å². The lowest BCUT2D eigenvalue weighted by Crippen LogP contribution is -2.44. The average molecular weight is 784 g/mol. The molecule has 1 atom stereocenters. The van der Waals surface area contributed by atoms with Gasteiger partial charge in [0.05, 0.1) is 10.6 Å². The molecule has 12 heteroatoms. The van der Waals surface area contributed by atoms with E-state index in [1.807, 2.05) is 11.0 Å². The number of hydrogen-bond donors (Lipinski definition) is 1. The van der Waals surface area contributed by atoms with Crippen molar-refractivity contribution in [3.63, 3.8) is 0 Å². The smallest absolute Gasteiger partial charge is 0.320 e. The molecule has 0 bridgehead atoms. The number of ether oxygens (including phenoxy) is 2. The van der Waals surface area contributed by atoms with Gasteiger partial charge in [-0.3, -0.25) is 18.9 Å². The monoisotopic (exact) mass is 783 g/mol. The molecule has 1 N–H and O–H groups in total. The maximum atomic E-state index is 12.1. The fourth-order valence-corrected chi connectivity index (χ4v) is 8.80. The van der Waals surface area contributed by atoms with Crippen LogP contribution in [0.2, 0.25) is 5.02 Å². The molecule has 3 heterocycles. The van der Waals surface area contributed by atoms with Gasteiger partial charge in [0, 0.05) is 91.2 Å². The number of likely N-dealkylation sites (N-methyl/N-ethyl adjacent to an activating group) is 1. The molecule has 10 nitrogen and oxygen atoms in total. The number of benzene rings is 3. The van der Waals surface area contributed by atoms with E-state index in [1.54, 1.807) is 18.3 Å². The third-order valence-corrected chi connectivity index (χ3v) is 12.4. The molecule has 6 rings (SSSR count). The van der Waals surface area contributed by atoms with Gasteiger partial charge in [-0.2, -0.15) is 5.26 Å². The Kier molecular flexibility index (Phi) is 14.0. The molecular formula is C43H50ClN5O5S. The highest BCUT2D eigenvalue weighted by Crippen LogP contribution is 2.37. The van der Waals surface area contributed by atoms with Gasteiger partial charge in [0.25, 0.3) is 0 Å². The summed E-state index contributed by atoms with van der Waals surface area (Å²) in [4.78, 5) is 23.0. The van der Waals surface area contributed by atoms with Crippen LogP contribution in [0.3, 0.4) is 0 Å². The molecule has 1 aromatic heterocycles. The van der Waals surface area contributed by atoms with E-state index >= 15 is 0 Å². The topological polar surface area (TPSA) is 119 Å². The van der Waals surface area contributed by atoms with Crippen LogP contribution in [0.1, 0.15) is 58.2 Å². The summed E-state index contributed by atoms with van der Waals surface area (Å²) < 4.78 is 24.5. The van der Waals surface area contributed by atoms with E-state index in [4.69, 9.17) is 21.1 Å². The van der Waals surface area contributed by atoms with Crippen LogP contribution in [0.15, 0.2) is 67.0 Å². The number of nitriles is 1. The Morgan fingerprint density at radius 2 is 1.67 bits per heavy atom. The molecule has 2 saturated heterocycles. The average Bonchev–Trinajstić information content (AvgIpc) is 3.18. The van der Waals surface area contributed by atoms with Crippen molar-refractivity contribution in [3.05, 3.63) is 111 Å². The number of halogens is 1. The minimum absolute atomic E-state index is 0.163. The second-order valence-electron chi connectivity index (χ2n) is 14.6. The standard InChI is InChI=1S/C43H50ClN5O5S/c1-30-34(26-47(3)14-15-48-16-18-55(52)19-17-48)8-6-10-37(30)38-11-7-9-35(31(38)2)29-54-42-22-41(53-28-33-20-32(23-45)24-46-25-33)36(21-39(42)44)27-49-13-5-4-12-40(49)43(50)51/h6-11,20-22,24-25,40H,4-5,12-19,26-29H2,1-3H3,(H,50,51)/t40-/m0/s1. The van der Waals surface area contributed by atoms with Gasteiger partial charge in [0.1, 0.15) is 36.8 Å². The van der Waals surface area contributed by atoms with Gasteiger partial charge in [0.2, 0.25) is 0 Å². The Morgan fingerprint density at radius 1 is 0.964 bits per heavy atom. The van der Waals surface area contributed by atoms with Crippen molar-refractivity contribution in [2.45, 2.75) is 65.5 Å². The van der Waals surface area contributed by atoms with E-state index in [-0.39, 0.29) is 13.2 Å². The largest absolute Gasteiger partial charge is 0.488 e. The molecule has 2 aliphatic heterocycles. The molecule has 0 saturated carbocycles. The molecule has 2 aliphatic rings. The first kappa shape index (κ1) is 40.4. The number of aliphatic carboxylic acids is 1. The van der Waals surface area contributed by atoms with Crippen LogP contribution in [0.25, 0.3) is 11.1 Å². The summed E-state index contributed by atoms with van der Waals surface area (Å²) >= 11 is 6.88. The second-order valence-corrected chi connectivity index (χ2v) is 16.7. The first-order valence-electron chi connectivity index (χ1n) is 18.9. The molecule has 290 valence electrons. The summed E-state index contributed by atoms with van der Waals surface area (Å²) in [5, 5.41) is 19.7. The fraction of sp³-hybridized carbons (Fsp3) is 0.419. The van der Waals surface area contributed by atoms with Crippen molar-refractivity contribution in [1.29, 1.82) is 5.26 Å². The third kappa shape index (κ3) is 10.5. The quantitative estimate of drug-likeness (QED) is 0.135. The number of rotatable bonds is 15. The normalized spacial score (nSPS) is 16.9. The van der Waals surface area contributed by atoms with Gasteiger partial charge >= 0.3 is 5.97 Å². The zero-order valence-electron chi connectivity index (χ0n) is 31.9. The van der Waals surface area contributed by atoms with E-state index in [1.165, 1.54) is 22.9 Å². The number of aromatic nitrogens is 1. The Hall–Kier alpha value is -4.31. The molecule has 4 aromatic rings. The molecule has 0 amide bonds.